The van der Waals surface area contributed by atoms with Crippen LogP contribution in [0.5, 0.6) is 0 Å². The third-order valence-electron chi connectivity index (χ3n) is 4.70. The number of hydrogen-bond acceptors (Lipinski definition) is 4. The second-order valence-corrected chi connectivity index (χ2v) is 7.73. The number of benzene rings is 2. The van der Waals surface area contributed by atoms with Gasteiger partial charge in [-0.1, -0.05) is 23.7 Å². The second-order valence-electron chi connectivity index (χ2n) is 7.29. The number of carbonyl (C=O) groups excluding carboxylic acids is 2. The van der Waals surface area contributed by atoms with Crippen molar-refractivity contribution in [2.24, 2.45) is 0 Å². The smallest absolute Gasteiger partial charge is 0.254 e. The highest BCUT2D eigenvalue weighted by atomic mass is 35.5. The summed E-state index contributed by atoms with van der Waals surface area (Å²) in [6.07, 6.45) is 0. The topological polar surface area (TPSA) is 55.9 Å². The van der Waals surface area contributed by atoms with Crippen molar-refractivity contribution in [1.82, 2.24) is 9.80 Å². The van der Waals surface area contributed by atoms with E-state index in [1.807, 2.05) is 72.2 Å². The monoisotopic (exact) mass is 400 g/mol. The second kappa shape index (κ2) is 8.63. The summed E-state index contributed by atoms with van der Waals surface area (Å²) in [6, 6.07) is 13.0. The van der Waals surface area contributed by atoms with Gasteiger partial charge in [-0.05, 0) is 50.0 Å². The molecule has 0 aliphatic carbocycles. The Bertz CT molecular complexity index is 867. The maximum absolute atomic E-state index is 13.2. The molecule has 1 aliphatic rings. The molecule has 148 valence electrons. The van der Waals surface area contributed by atoms with E-state index < -0.39 is 0 Å². The van der Waals surface area contributed by atoms with E-state index in [1.165, 1.54) is 0 Å². The van der Waals surface area contributed by atoms with E-state index >= 15 is 0 Å². The van der Waals surface area contributed by atoms with E-state index in [4.69, 9.17) is 11.6 Å². The first kappa shape index (κ1) is 20.2. The molecular weight excluding hydrogens is 376 g/mol. The normalized spacial score (nSPS) is 13.3. The number of anilines is 2. The molecule has 0 unspecified atom stereocenters. The molecule has 2 aromatic rings. The summed E-state index contributed by atoms with van der Waals surface area (Å²) in [4.78, 5) is 30.8. The fourth-order valence-electron chi connectivity index (χ4n) is 3.16. The minimum absolute atomic E-state index is 0.0675. The highest BCUT2D eigenvalue weighted by Gasteiger charge is 2.22. The molecule has 0 atom stereocenters. The van der Waals surface area contributed by atoms with Gasteiger partial charge >= 0.3 is 0 Å². The molecule has 2 amide bonds. The van der Waals surface area contributed by atoms with Crippen LogP contribution in [0.4, 0.5) is 11.4 Å². The maximum atomic E-state index is 13.2. The molecule has 0 saturated heterocycles. The molecule has 0 spiro atoms. The summed E-state index contributed by atoms with van der Waals surface area (Å²) < 4.78 is 0. The minimum Gasteiger partial charge on any atom is -0.364 e. The van der Waals surface area contributed by atoms with E-state index in [0.717, 1.165) is 17.8 Å². The predicted octanol–water partition coefficient (Wildman–Crippen LogP) is 2.93. The van der Waals surface area contributed by atoms with Gasteiger partial charge in [0.05, 0.1) is 17.9 Å². The molecule has 1 N–H and O–H groups in total. The van der Waals surface area contributed by atoms with Crippen molar-refractivity contribution >= 4 is 34.8 Å². The SMILES string of the molecule is CN(C)CCN(Cc1ccc(Cl)cc1)C(=O)c1ccc2c(c1)NC(=O)CN2C. The summed E-state index contributed by atoms with van der Waals surface area (Å²) in [5, 5.41) is 3.53. The third-order valence-corrected chi connectivity index (χ3v) is 4.95. The molecule has 1 aliphatic heterocycles. The molecule has 0 radical (unpaired) electrons. The number of nitrogens with one attached hydrogen (secondary N) is 1. The lowest BCUT2D eigenvalue weighted by molar-refractivity contribution is -0.115. The summed E-state index contributed by atoms with van der Waals surface area (Å²) in [6.45, 7) is 2.15. The average molecular weight is 401 g/mol. The first-order valence-electron chi connectivity index (χ1n) is 9.17. The molecule has 0 saturated carbocycles. The zero-order chi connectivity index (χ0) is 20.3. The van der Waals surface area contributed by atoms with Gasteiger partial charge in [-0.25, -0.2) is 0 Å². The Kier molecular flexibility index (Phi) is 6.21. The van der Waals surface area contributed by atoms with E-state index in [2.05, 4.69) is 5.32 Å². The van der Waals surface area contributed by atoms with E-state index in [9.17, 15) is 9.59 Å². The van der Waals surface area contributed by atoms with Gasteiger partial charge < -0.3 is 20.0 Å². The van der Waals surface area contributed by atoms with Crippen LogP contribution < -0.4 is 10.2 Å². The van der Waals surface area contributed by atoms with Crippen molar-refractivity contribution in [3.63, 3.8) is 0 Å². The zero-order valence-electron chi connectivity index (χ0n) is 16.4. The van der Waals surface area contributed by atoms with Crippen molar-refractivity contribution in [1.29, 1.82) is 0 Å². The molecule has 1 heterocycles. The Labute approximate surface area is 170 Å². The number of halogens is 1. The third kappa shape index (κ3) is 4.82. The molecular formula is C21H25ClN4O2. The number of nitrogens with zero attached hydrogens (tertiary/aromatic N) is 3. The molecule has 0 aromatic heterocycles. The maximum Gasteiger partial charge on any atom is 0.254 e. The van der Waals surface area contributed by atoms with Crippen LogP contribution >= 0.6 is 11.6 Å². The number of hydrogen-bond donors (Lipinski definition) is 1. The molecule has 0 bridgehead atoms. The van der Waals surface area contributed by atoms with Crippen LogP contribution in [0.25, 0.3) is 0 Å². The van der Waals surface area contributed by atoms with Crippen molar-refractivity contribution in [2.45, 2.75) is 6.54 Å². The average Bonchev–Trinajstić information content (AvgIpc) is 2.65. The van der Waals surface area contributed by atoms with Crippen molar-refractivity contribution in [3.8, 4) is 0 Å². The number of carbonyl (C=O) groups is 2. The highest BCUT2D eigenvalue weighted by Crippen LogP contribution is 2.30. The van der Waals surface area contributed by atoms with Crippen LogP contribution in [0.15, 0.2) is 42.5 Å². The van der Waals surface area contributed by atoms with Crippen LogP contribution in [0, 0.1) is 0 Å². The van der Waals surface area contributed by atoms with E-state index in [1.54, 1.807) is 6.07 Å². The van der Waals surface area contributed by atoms with Gasteiger partial charge in [-0.3, -0.25) is 9.59 Å². The van der Waals surface area contributed by atoms with Crippen molar-refractivity contribution in [2.75, 3.05) is 51.0 Å². The van der Waals surface area contributed by atoms with Crippen LogP contribution in [-0.2, 0) is 11.3 Å². The fraction of sp³-hybridized carbons (Fsp3) is 0.333. The predicted molar refractivity (Wildman–Crippen MR) is 113 cm³/mol. The number of likely N-dealkylation sites (N-methyl/N-ethyl adjacent to an activating group) is 2. The lowest BCUT2D eigenvalue weighted by atomic mass is 10.1. The Balaban J connectivity index is 1.84. The number of fused-ring (bicyclic) bond motifs is 1. The standard InChI is InChI=1S/C21H25ClN4O2/c1-24(2)10-11-26(13-15-4-7-17(22)8-5-15)21(28)16-6-9-19-18(12-16)23-20(27)14-25(19)3/h4-9,12H,10-11,13-14H2,1-3H3,(H,23,27). The van der Waals surface area contributed by atoms with Crippen LogP contribution in [0.2, 0.25) is 5.02 Å². The number of rotatable bonds is 6. The summed E-state index contributed by atoms with van der Waals surface area (Å²) in [5.41, 5.74) is 3.15. The van der Waals surface area contributed by atoms with Gasteiger partial charge in [0.1, 0.15) is 0 Å². The first-order valence-corrected chi connectivity index (χ1v) is 9.55. The quantitative estimate of drug-likeness (QED) is 0.810. The molecule has 28 heavy (non-hydrogen) atoms. The lowest BCUT2D eigenvalue weighted by Crippen LogP contribution is -2.37. The van der Waals surface area contributed by atoms with Gasteiger partial charge in [0.15, 0.2) is 0 Å². The van der Waals surface area contributed by atoms with Crippen LogP contribution in [0.1, 0.15) is 15.9 Å². The molecule has 7 heteroatoms. The lowest BCUT2D eigenvalue weighted by Gasteiger charge is -2.29. The molecule has 0 fully saturated rings. The Morgan fingerprint density at radius 2 is 1.86 bits per heavy atom. The van der Waals surface area contributed by atoms with E-state index in [-0.39, 0.29) is 11.8 Å². The van der Waals surface area contributed by atoms with E-state index in [0.29, 0.717) is 35.9 Å². The molecule has 2 aromatic carbocycles. The summed E-state index contributed by atoms with van der Waals surface area (Å²) >= 11 is 5.97. The van der Waals surface area contributed by atoms with Crippen LogP contribution in [-0.4, -0.2) is 62.4 Å². The minimum atomic E-state index is -0.0785. The Hall–Kier alpha value is -2.57. The van der Waals surface area contributed by atoms with Crippen molar-refractivity contribution < 1.29 is 9.59 Å². The van der Waals surface area contributed by atoms with Gasteiger partial charge in [-0.2, -0.15) is 0 Å². The Morgan fingerprint density at radius 3 is 2.54 bits per heavy atom. The van der Waals surface area contributed by atoms with Gasteiger partial charge in [0.2, 0.25) is 5.91 Å². The zero-order valence-corrected chi connectivity index (χ0v) is 17.2. The Morgan fingerprint density at radius 1 is 1.14 bits per heavy atom. The van der Waals surface area contributed by atoms with Crippen LogP contribution in [0.3, 0.4) is 0 Å². The summed E-state index contributed by atoms with van der Waals surface area (Å²) in [7, 11) is 5.83. The largest absolute Gasteiger partial charge is 0.364 e. The first-order chi connectivity index (χ1) is 13.3. The summed E-state index contributed by atoms with van der Waals surface area (Å²) in [5.74, 6) is -0.146. The van der Waals surface area contributed by atoms with Crippen molar-refractivity contribution in [3.05, 3.63) is 58.6 Å². The fourth-order valence-corrected chi connectivity index (χ4v) is 3.28. The molecule has 3 rings (SSSR count). The van der Waals surface area contributed by atoms with Gasteiger partial charge in [0, 0.05) is 37.3 Å². The number of amides is 2. The highest BCUT2D eigenvalue weighted by molar-refractivity contribution is 6.30. The molecule has 6 nitrogen and oxygen atoms in total. The van der Waals surface area contributed by atoms with Gasteiger partial charge in [0.25, 0.3) is 5.91 Å². The van der Waals surface area contributed by atoms with Gasteiger partial charge in [-0.15, -0.1) is 0 Å².